The van der Waals surface area contributed by atoms with Crippen LogP contribution >= 0.6 is 0 Å². The highest BCUT2D eigenvalue weighted by molar-refractivity contribution is 5.86. The molecule has 0 aromatic rings. The Morgan fingerprint density at radius 3 is 0.680 bits per heavy atom. The molecule has 1 aliphatic rings. The van der Waals surface area contributed by atoms with Crippen LogP contribution in [0, 0.1) is 34.0 Å². The van der Waals surface area contributed by atoms with Crippen molar-refractivity contribution in [3.63, 3.8) is 0 Å². The zero-order chi connectivity index (χ0) is 56.6. The van der Waals surface area contributed by atoms with E-state index in [2.05, 4.69) is 59.2 Å². The van der Waals surface area contributed by atoms with Gasteiger partial charge in [0.1, 0.15) is 95.5 Å². The highest BCUT2D eigenvalue weighted by Gasteiger charge is 2.47. The van der Waals surface area contributed by atoms with Gasteiger partial charge in [-0.15, -0.1) is 0 Å². The lowest BCUT2D eigenvalue weighted by Gasteiger charge is -2.36. The van der Waals surface area contributed by atoms with E-state index >= 15 is 0 Å². The van der Waals surface area contributed by atoms with Crippen LogP contribution < -0.4 is 0 Å². The van der Waals surface area contributed by atoms with Crippen LogP contribution in [0.3, 0.4) is 0 Å². The van der Waals surface area contributed by atoms with Crippen molar-refractivity contribution in [2.45, 2.75) is 19.3 Å². The Labute approximate surface area is 431 Å². The van der Waals surface area contributed by atoms with E-state index in [-0.39, 0.29) is 12.8 Å². The lowest BCUT2D eigenvalue weighted by Crippen LogP contribution is -2.47. The van der Waals surface area contributed by atoms with Crippen LogP contribution in [0.5, 0.6) is 0 Å². The maximum atomic E-state index is 14.5. The first-order chi connectivity index (χ1) is 35.6. The van der Waals surface area contributed by atoms with Crippen LogP contribution in [0.1, 0.15) is 19.3 Å². The van der Waals surface area contributed by atoms with Gasteiger partial charge in [0, 0.05) is 54.7 Å². The molecule has 0 radical (unpaired) electrons. The first-order valence-corrected chi connectivity index (χ1v) is 22.2. The third-order valence-electron chi connectivity index (χ3n) is 10.5. The van der Waals surface area contributed by atoms with Crippen molar-refractivity contribution >= 4 is 71.6 Å². The van der Waals surface area contributed by atoms with E-state index < -0.39 is 191 Å². The van der Waals surface area contributed by atoms with Crippen LogP contribution in [-0.4, -0.2) is 151 Å². The van der Waals surface area contributed by atoms with Gasteiger partial charge in [-0.2, -0.15) is 0 Å². The summed E-state index contributed by atoms with van der Waals surface area (Å²) in [5, 5.41) is 0. The molecule has 0 bridgehead atoms. The van der Waals surface area contributed by atoms with Crippen molar-refractivity contribution in [2.75, 3.05) is 79.3 Å². The average Bonchev–Trinajstić information content (AvgIpc) is 3.44. The van der Waals surface area contributed by atoms with E-state index in [1.165, 1.54) is 0 Å². The van der Waals surface area contributed by atoms with Gasteiger partial charge in [0.15, 0.2) is 0 Å². The molecule has 0 aromatic heterocycles. The van der Waals surface area contributed by atoms with Crippen molar-refractivity contribution in [2.24, 2.45) is 34.0 Å². The molecule has 408 valence electrons. The van der Waals surface area contributed by atoms with E-state index in [0.717, 1.165) is 54.7 Å². The SMILES string of the molecule is C=CC(=O)OCC(COC(=O)C=C)(COC(=O)C=C)COC(=O)C1CCC(C(=O)OCC(COC(=O)C=C)(COC(=O)C=C)COC(=O)C=C)C(C(=O)OCC(COC(=O)C=C)(COC(=O)C=C)COC(=O)C=C)C1. The molecule has 0 spiro atoms. The highest BCUT2D eigenvalue weighted by Crippen LogP contribution is 2.38. The summed E-state index contributed by atoms with van der Waals surface area (Å²) >= 11 is 0. The van der Waals surface area contributed by atoms with Gasteiger partial charge in [-0.05, 0) is 19.3 Å². The molecule has 0 heterocycles. The van der Waals surface area contributed by atoms with Crippen molar-refractivity contribution in [1.82, 2.24) is 0 Å². The fraction of sp³-hybridized carbons (Fsp3) is 0.412. The Hall–Kier alpha value is -8.70. The number of carbonyl (C=O) groups excluding carboxylic acids is 12. The Balaban J connectivity index is 3.92. The van der Waals surface area contributed by atoms with Crippen LogP contribution in [0.25, 0.3) is 0 Å². The van der Waals surface area contributed by atoms with Crippen LogP contribution in [0.4, 0.5) is 0 Å². The summed E-state index contributed by atoms with van der Waals surface area (Å²) in [4.78, 5) is 153. The largest absolute Gasteiger partial charge is 0.464 e. The Kier molecular flexibility index (Phi) is 28.4. The summed E-state index contributed by atoms with van der Waals surface area (Å²) in [6.45, 7) is 20.9. The number of carbonyl (C=O) groups is 12. The van der Waals surface area contributed by atoms with Crippen LogP contribution in [0.15, 0.2) is 114 Å². The summed E-state index contributed by atoms with van der Waals surface area (Å²) in [7, 11) is 0. The molecular formula is C51H60O24. The third-order valence-corrected chi connectivity index (χ3v) is 10.5. The van der Waals surface area contributed by atoms with E-state index in [9.17, 15) is 57.5 Å². The monoisotopic (exact) mass is 1060 g/mol. The lowest BCUT2D eigenvalue weighted by molar-refractivity contribution is -0.181. The maximum Gasteiger partial charge on any atom is 0.330 e. The minimum absolute atomic E-state index is 0.218. The smallest absolute Gasteiger partial charge is 0.330 e. The quantitative estimate of drug-likeness (QED) is 0.0493. The molecule has 0 aliphatic heterocycles. The number of hydrogen-bond acceptors (Lipinski definition) is 24. The molecule has 24 heteroatoms. The second-order valence-corrected chi connectivity index (χ2v) is 16.4. The molecule has 0 amide bonds. The van der Waals surface area contributed by atoms with E-state index in [0.29, 0.717) is 0 Å². The topological polar surface area (TPSA) is 316 Å². The maximum absolute atomic E-state index is 14.5. The summed E-state index contributed by atoms with van der Waals surface area (Å²) in [5.74, 6) is -16.7. The van der Waals surface area contributed by atoms with Crippen molar-refractivity contribution < 1.29 is 114 Å². The predicted molar refractivity (Wildman–Crippen MR) is 255 cm³/mol. The zero-order valence-electron chi connectivity index (χ0n) is 41.2. The number of ether oxygens (including phenoxy) is 12. The summed E-state index contributed by atoms with van der Waals surface area (Å²) in [5.41, 5.74) is -5.48. The van der Waals surface area contributed by atoms with Gasteiger partial charge in [0.25, 0.3) is 0 Å². The molecule has 0 N–H and O–H groups in total. The van der Waals surface area contributed by atoms with Gasteiger partial charge < -0.3 is 56.8 Å². The molecule has 1 saturated carbocycles. The van der Waals surface area contributed by atoms with Gasteiger partial charge in [0.05, 0.1) is 17.8 Å². The molecule has 1 fully saturated rings. The van der Waals surface area contributed by atoms with Crippen LogP contribution in [-0.2, 0) is 114 Å². The van der Waals surface area contributed by atoms with Crippen molar-refractivity contribution in [1.29, 1.82) is 0 Å². The average molecular weight is 1060 g/mol. The molecule has 1 rings (SSSR count). The van der Waals surface area contributed by atoms with Gasteiger partial charge in [-0.3, -0.25) is 14.4 Å². The molecule has 0 aromatic carbocycles. The minimum Gasteiger partial charge on any atom is -0.464 e. The fourth-order valence-electron chi connectivity index (χ4n) is 6.23. The lowest BCUT2D eigenvalue weighted by atomic mass is 9.73. The Bertz CT molecular complexity index is 2040. The Morgan fingerprint density at radius 1 is 0.280 bits per heavy atom. The van der Waals surface area contributed by atoms with Gasteiger partial charge in [-0.25, -0.2) is 43.2 Å². The van der Waals surface area contributed by atoms with E-state index in [1.54, 1.807) is 0 Å². The molecule has 24 nitrogen and oxygen atoms in total. The summed E-state index contributed by atoms with van der Waals surface area (Å²) < 4.78 is 63.8. The third kappa shape index (κ3) is 23.2. The number of esters is 12. The summed E-state index contributed by atoms with van der Waals surface area (Å²) in [6, 6.07) is 0. The van der Waals surface area contributed by atoms with Gasteiger partial charge in [-0.1, -0.05) is 59.2 Å². The minimum atomic E-state index is -1.87. The van der Waals surface area contributed by atoms with Crippen molar-refractivity contribution in [3.05, 3.63) is 114 Å². The first-order valence-electron chi connectivity index (χ1n) is 22.2. The Morgan fingerprint density at radius 2 is 0.467 bits per heavy atom. The normalized spacial score (nSPS) is 14.8. The van der Waals surface area contributed by atoms with Crippen LogP contribution in [0.2, 0.25) is 0 Å². The number of hydrogen-bond donors (Lipinski definition) is 0. The molecule has 75 heavy (non-hydrogen) atoms. The molecule has 3 atom stereocenters. The number of rotatable bonds is 36. The molecular weight excluding hydrogens is 997 g/mol. The van der Waals surface area contributed by atoms with E-state index in [4.69, 9.17) is 56.8 Å². The zero-order valence-corrected chi connectivity index (χ0v) is 41.2. The van der Waals surface area contributed by atoms with Gasteiger partial charge >= 0.3 is 71.6 Å². The highest BCUT2D eigenvalue weighted by atomic mass is 16.6. The second kappa shape index (κ2) is 33.1. The first kappa shape index (κ1) is 64.3. The predicted octanol–water partition coefficient (Wildman–Crippen LogP) is 2.17. The van der Waals surface area contributed by atoms with Crippen molar-refractivity contribution in [3.8, 4) is 0 Å². The summed E-state index contributed by atoms with van der Waals surface area (Å²) in [6.07, 6.45) is 6.01. The standard InChI is InChI=1S/C51H60O24/c1-10-37(52)64-22-49(23-65-38(53)11-2,24-66-39(54)12-3)31-73-46(61)34-19-20-35(47(62)74-32-50(25-67-40(55)13-4,26-68-41(56)14-5)27-69-42(57)15-6)36(21-34)48(63)75-33-51(28-70-43(58)16-7,29-71-44(59)17-8)30-72-45(60)18-9/h10-18,34-36H,1-9,19-33H2. The molecule has 0 saturated heterocycles. The van der Waals surface area contributed by atoms with Gasteiger partial charge in [0.2, 0.25) is 0 Å². The fourth-order valence-corrected chi connectivity index (χ4v) is 6.23. The molecule has 3 unspecified atom stereocenters. The van der Waals surface area contributed by atoms with E-state index in [1.807, 2.05) is 0 Å². The molecule has 1 aliphatic carbocycles. The second-order valence-electron chi connectivity index (χ2n) is 16.4.